The maximum atomic E-state index is 12.5. The fourth-order valence-corrected chi connectivity index (χ4v) is 3.72. The van der Waals surface area contributed by atoms with Crippen LogP contribution in [0, 0.1) is 11.8 Å². The summed E-state index contributed by atoms with van der Waals surface area (Å²) in [6.07, 6.45) is 3.51. The van der Waals surface area contributed by atoms with Crippen molar-refractivity contribution in [3.63, 3.8) is 0 Å². The summed E-state index contributed by atoms with van der Waals surface area (Å²) in [6.45, 7) is 5.08. The Morgan fingerprint density at radius 3 is 2.67 bits per heavy atom. The molecule has 1 aliphatic heterocycles. The molecule has 1 aliphatic carbocycles. The van der Waals surface area contributed by atoms with Gasteiger partial charge < -0.3 is 14.7 Å². The lowest BCUT2D eigenvalue weighted by atomic mass is 9.82. The lowest BCUT2D eigenvalue weighted by Crippen LogP contribution is -2.33. The molecule has 1 N–H and O–H groups in total. The number of hydrogen-bond acceptors (Lipinski definition) is 4. The Morgan fingerprint density at radius 2 is 2.00 bits per heavy atom. The number of carbonyl (C=O) groups is 2. The number of esters is 1. The number of nitrogens with zero attached hydrogens (tertiary/aromatic N) is 1. The van der Waals surface area contributed by atoms with Crippen LogP contribution in [-0.4, -0.2) is 34.5 Å². The van der Waals surface area contributed by atoms with Crippen molar-refractivity contribution in [2.75, 3.05) is 6.54 Å². The number of phenols is 1. The van der Waals surface area contributed by atoms with Crippen LogP contribution in [-0.2, 0) is 16.1 Å². The van der Waals surface area contributed by atoms with Crippen LogP contribution in [0.3, 0.4) is 0 Å². The summed E-state index contributed by atoms with van der Waals surface area (Å²) in [6, 6.07) is 5.00. The number of carbonyl (C=O) groups excluding carboxylic acids is 2. The number of aromatic hydroxyl groups is 1. The van der Waals surface area contributed by atoms with Crippen molar-refractivity contribution in [2.45, 2.75) is 52.2 Å². The van der Waals surface area contributed by atoms with Crippen LogP contribution in [0.1, 0.15) is 55.5 Å². The lowest BCUT2D eigenvalue weighted by molar-refractivity contribution is -0.153. The molecule has 0 aromatic heterocycles. The van der Waals surface area contributed by atoms with E-state index in [4.69, 9.17) is 4.74 Å². The second-order valence-electron chi connectivity index (χ2n) is 7.23. The predicted molar refractivity (Wildman–Crippen MR) is 89.5 cm³/mol. The predicted octanol–water partition coefficient (Wildman–Crippen LogP) is 3.11. The molecule has 1 aromatic carbocycles. The third kappa shape index (κ3) is 3.55. The van der Waals surface area contributed by atoms with Gasteiger partial charge in [-0.3, -0.25) is 9.59 Å². The highest BCUT2D eigenvalue weighted by Gasteiger charge is 2.33. The van der Waals surface area contributed by atoms with Crippen LogP contribution in [0.25, 0.3) is 0 Å². The second-order valence-corrected chi connectivity index (χ2v) is 7.23. The highest BCUT2D eigenvalue weighted by molar-refractivity contribution is 5.98. The van der Waals surface area contributed by atoms with E-state index in [2.05, 4.69) is 0 Å². The van der Waals surface area contributed by atoms with Crippen molar-refractivity contribution in [1.29, 1.82) is 0 Å². The van der Waals surface area contributed by atoms with E-state index in [0.717, 1.165) is 37.8 Å². The summed E-state index contributed by atoms with van der Waals surface area (Å²) in [4.78, 5) is 26.3. The van der Waals surface area contributed by atoms with E-state index >= 15 is 0 Å². The van der Waals surface area contributed by atoms with Crippen molar-refractivity contribution in [1.82, 2.24) is 4.90 Å². The maximum Gasteiger partial charge on any atom is 0.309 e. The third-order valence-corrected chi connectivity index (χ3v) is 4.98. The molecule has 24 heavy (non-hydrogen) atoms. The molecule has 1 saturated carbocycles. The zero-order chi connectivity index (χ0) is 17.3. The smallest absolute Gasteiger partial charge is 0.309 e. The van der Waals surface area contributed by atoms with Gasteiger partial charge in [0.25, 0.3) is 5.91 Å². The molecule has 0 unspecified atom stereocenters. The normalized spacial score (nSPS) is 23.5. The summed E-state index contributed by atoms with van der Waals surface area (Å²) in [5.74, 6) is 0.492. The van der Waals surface area contributed by atoms with Crippen LogP contribution in [0.15, 0.2) is 18.2 Å². The Balaban J connectivity index is 1.52. The molecule has 1 fully saturated rings. The molecule has 1 aromatic rings. The number of hydrogen-bond donors (Lipinski definition) is 1. The van der Waals surface area contributed by atoms with Crippen molar-refractivity contribution >= 4 is 11.9 Å². The Hall–Kier alpha value is -2.04. The standard InChI is InChI=1S/C19H25NO4/c1-12(2)24-19(23)14-5-3-13(4-6-14)10-20-11-15-7-8-16(21)9-17(15)18(20)22/h7-9,12-14,21H,3-6,10-11H2,1-2H3/t13-,14-. The summed E-state index contributed by atoms with van der Waals surface area (Å²) < 4.78 is 5.30. The third-order valence-electron chi connectivity index (χ3n) is 4.98. The second kappa shape index (κ2) is 6.83. The number of phenolic OH excluding ortho intramolecular Hbond substituents is 1. The SMILES string of the molecule is CC(C)OC(=O)[C@H]1CC[C@H](CN2Cc3ccc(O)cc3C2=O)CC1. The molecule has 5 nitrogen and oxygen atoms in total. The van der Waals surface area contributed by atoms with E-state index in [9.17, 15) is 14.7 Å². The highest BCUT2D eigenvalue weighted by Crippen LogP contribution is 2.33. The fourth-order valence-electron chi connectivity index (χ4n) is 3.72. The van der Waals surface area contributed by atoms with Crippen LogP contribution in [0.5, 0.6) is 5.75 Å². The first kappa shape index (κ1) is 16.8. The Labute approximate surface area is 142 Å². The minimum absolute atomic E-state index is 0.00207. The van der Waals surface area contributed by atoms with Crippen molar-refractivity contribution in [2.24, 2.45) is 11.8 Å². The molecular formula is C19H25NO4. The molecule has 3 rings (SSSR count). The van der Waals surface area contributed by atoms with E-state index in [0.29, 0.717) is 18.0 Å². The Kier molecular flexibility index (Phi) is 4.78. The zero-order valence-corrected chi connectivity index (χ0v) is 14.3. The van der Waals surface area contributed by atoms with Gasteiger partial charge in [0.1, 0.15) is 5.75 Å². The largest absolute Gasteiger partial charge is 0.508 e. The van der Waals surface area contributed by atoms with Crippen LogP contribution < -0.4 is 0 Å². The molecule has 0 spiro atoms. The number of rotatable bonds is 4. The van der Waals surface area contributed by atoms with Crippen LogP contribution in [0.2, 0.25) is 0 Å². The van der Waals surface area contributed by atoms with Gasteiger partial charge in [0.2, 0.25) is 0 Å². The van der Waals surface area contributed by atoms with Gasteiger partial charge in [0.15, 0.2) is 0 Å². The maximum absolute atomic E-state index is 12.5. The molecule has 130 valence electrons. The average molecular weight is 331 g/mol. The first-order chi connectivity index (χ1) is 11.4. The quantitative estimate of drug-likeness (QED) is 0.861. The van der Waals surface area contributed by atoms with Gasteiger partial charge in [-0.15, -0.1) is 0 Å². The van der Waals surface area contributed by atoms with Gasteiger partial charge in [0.05, 0.1) is 12.0 Å². The van der Waals surface area contributed by atoms with E-state index in [1.54, 1.807) is 12.1 Å². The fraction of sp³-hybridized carbons (Fsp3) is 0.579. The summed E-state index contributed by atoms with van der Waals surface area (Å²) in [5, 5.41) is 9.55. The first-order valence-electron chi connectivity index (χ1n) is 8.75. The van der Waals surface area contributed by atoms with Gasteiger partial charge in [-0.05, 0) is 63.1 Å². The topological polar surface area (TPSA) is 66.8 Å². The van der Waals surface area contributed by atoms with Gasteiger partial charge in [-0.25, -0.2) is 0 Å². The Bertz CT molecular complexity index is 632. The molecule has 0 radical (unpaired) electrons. The van der Waals surface area contributed by atoms with E-state index in [-0.39, 0.29) is 29.6 Å². The first-order valence-corrected chi connectivity index (χ1v) is 8.75. The van der Waals surface area contributed by atoms with Crippen LogP contribution in [0.4, 0.5) is 0 Å². The van der Waals surface area contributed by atoms with Crippen molar-refractivity contribution in [3.8, 4) is 5.75 Å². The molecule has 5 heteroatoms. The highest BCUT2D eigenvalue weighted by atomic mass is 16.5. The number of amides is 1. The van der Waals surface area contributed by atoms with E-state index in [1.165, 1.54) is 0 Å². The van der Waals surface area contributed by atoms with Gasteiger partial charge in [-0.1, -0.05) is 6.07 Å². The summed E-state index contributed by atoms with van der Waals surface area (Å²) >= 11 is 0. The number of ether oxygens (including phenoxy) is 1. The molecule has 0 bridgehead atoms. The Morgan fingerprint density at radius 1 is 1.29 bits per heavy atom. The number of benzene rings is 1. The lowest BCUT2D eigenvalue weighted by Gasteiger charge is -2.30. The van der Waals surface area contributed by atoms with E-state index in [1.807, 2.05) is 24.8 Å². The zero-order valence-electron chi connectivity index (χ0n) is 14.3. The number of fused-ring (bicyclic) bond motifs is 1. The monoisotopic (exact) mass is 331 g/mol. The molecule has 1 heterocycles. The van der Waals surface area contributed by atoms with Gasteiger partial charge in [0, 0.05) is 18.7 Å². The molecule has 0 saturated heterocycles. The summed E-state index contributed by atoms with van der Waals surface area (Å²) in [5.41, 5.74) is 1.59. The van der Waals surface area contributed by atoms with Crippen LogP contribution >= 0.6 is 0 Å². The average Bonchev–Trinajstić information content (AvgIpc) is 2.83. The minimum atomic E-state index is -0.0800. The minimum Gasteiger partial charge on any atom is -0.508 e. The summed E-state index contributed by atoms with van der Waals surface area (Å²) in [7, 11) is 0. The van der Waals surface area contributed by atoms with Gasteiger partial charge in [-0.2, -0.15) is 0 Å². The van der Waals surface area contributed by atoms with Crippen molar-refractivity contribution in [3.05, 3.63) is 29.3 Å². The molecule has 1 amide bonds. The molecule has 0 atom stereocenters. The van der Waals surface area contributed by atoms with Gasteiger partial charge >= 0.3 is 5.97 Å². The van der Waals surface area contributed by atoms with Crippen molar-refractivity contribution < 1.29 is 19.4 Å². The molecule has 2 aliphatic rings. The van der Waals surface area contributed by atoms with E-state index < -0.39 is 0 Å². The molecular weight excluding hydrogens is 306 g/mol.